The Morgan fingerprint density at radius 3 is 2.85 bits per heavy atom. The smallest absolute Gasteiger partial charge is 0.316 e. The lowest BCUT2D eigenvalue weighted by Crippen LogP contribution is -2.21. The zero-order chi connectivity index (χ0) is 19.2. The van der Waals surface area contributed by atoms with E-state index in [4.69, 9.17) is 25.5 Å². The van der Waals surface area contributed by atoms with Crippen LogP contribution in [0.4, 0.5) is 5.69 Å². The number of esters is 1. The molecule has 7 nitrogen and oxygen atoms in total. The van der Waals surface area contributed by atoms with Gasteiger partial charge >= 0.3 is 5.97 Å². The molecule has 140 valence electrons. The minimum absolute atomic E-state index is 0.0272. The number of rotatable bonds is 7. The number of para-hydroxylation sites is 2. The zero-order valence-corrected chi connectivity index (χ0v) is 15.8. The summed E-state index contributed by atoms with van der Waals surface area (Å²) in [6.07, 6.45) is 0. The minimum atomic E-state index is -0.560. The molecule has 3 aromatic rings. The third-order valence-electron chi connectivity index (χ3n) is 3.39. The highest BCUT2D eigenvalue weighted by atomic mass is 35.5. The van der Waals surface area contributed by atoms with E-state index < -0.39 is 18.5 Å². The third-order valence-corrected chi connectivity index (χ3v) is 4.42. The summed E-state index contributed by atoms with van der Waals surface area (Å²) in [5, 5.41) is 3.39. The molecule has 0 spiro atoms. The van der Waals surface area contributed by atoms with Gasteiger partial charge in [0.2, 0.25) is 0 Å². The molecule has 0 radical (unpaired) electrons. The van der Waals surface area contributed by atoms with Gasteiger partial charge < -0.3 is 19.2 Å². The maximum atomic E-state index is 12.0. The van der Waals surface area contributed by atoms with Crippen LogP contribution in [0, 0.1) is 0 Å². The highest BCUT2D eigenvalue weighted by Crippen LogP contribution is 2.27. The van der Waals surface area contributed by atoms with E-state index in [0.29, 0.717) is 32.8 Å². The first kappa shape index (κ1) is 19.1. The maximum Gasteiger partial charge on any atom is 0.316 e. The molecule has 27 heavy (non-hydrogen) atoms. The number of fused-ring (bicyclic) bond motifs is 1. The monoisotopic (exact) mass is 406 g/mol. The fraction of sp³-hybridized carbons (Fsp3) is 0.167. The summed E-state index contributed by atoms with van der Waals surface area (Å²) in [4.78, 5) is 28.0. The molecule has 1 N–H and O–H groups in total. The number of hydrogen-bond acceptors (Lipinski definition) is 7. The van der Waals surface area contributed by atoms with Crippen LogP contribution in [0.1, 0.15) is 0 Å². The van der Waals surface area contributed by atoms with Crippen LogP contribution in [-0.2, 0) is 14.3 Å². The molecular formula is C18H15ClN2O5S. The fourth-order valence-electron chi connectivity index (χ4n) is 2.19. The Morgan fingerprint density at radius 2 is 2.07 bits per heavy atom. The van der Waals surface area contributed by atoms with Crippen LogP contribution in [0.25, 0.3) is 11.1 Å². The number of thioether (sulfide) groups is 1. The molecule has 0 bridgehead atoms. The first-order chi connectivity index (χ1) is 13.0. The molecule has 0 unspecified atom stereocenters. The molecule has 3 rings (SSSR count). The minimum Gasteiger partial charge on any atom is -0.495 e. The number of carbonyl (C=O) groups is 2. The van der Waals surface area contributed by atoms with Crippen molar-refractivity contribution in [2.75, 3.05) is 24.8 Å². The average molecular weight is 407 g/mol. The fourth-order valence-corrected chi connectivity index (χ4v) is 2.99. The van der Waals surface area contributed by atoms with E-state index in [2.05, 4.69) is 10.3 Å². The number of nitrogens with zero attached hydrogens (tertiary/aromatic N) is 1. The van der Waals surface area contributed by atoms with Crippen LogP contribution in [0.5, 0.6) is 5.75 Å². The summed E-state index contributed by atoms with van der Waals surface area (Å²) in [5.74, 6) is -0.641. The number of anilines is 1. The van der Waals surface area contributed by atoms with E-state index in [-0.39, 0.29) is 5.75 Å². The highest BCUT2D eigenvalue weighted by Gasteiger charge is 2.13. The maximum absolute atomic E-state index is 12.0. The first-order valence-electron chi connectivity index (χ1n) is 7.82. The van der Waals surface area contributed by atoms with Crippen LogP contribution < -0.4 is 10.1 Å². The lowest BCUT2D eigenvalue weighted by atomic mass is 10.3. The van der Waals surface area contributed by atoms with Gasteiger partial charge in [0.15, 0.2) is 12.2 Å². The number of benzene rings is 2. The summed E-state index contributed by atoms with van der Waals surface area (Å²) in [6, 6.07) is 12.1. The summed E-state index contributed by atoms with van der Waals surface area (Å²) in [5.41, 5.74) is 1.75. The van der Waals surface area contributed by atoms with Crippen LogP contribution in [-0.4, -0.2) is 36.3 Å². The second-order valence-corrected chi connectivity index (χ2v) is 6.65. The molecule has 0 saturated carbocycles. The number of hydrogen-bond donors (Lipinski definition) is 1. The van der Waals surface area contributed by atoms with Crippen molar-refractivity contribution in [3.8, 4) is 5.75 Å². The van der Waals surface area contributed by atoms with E-state index in [1.165, 1.54) is 7.11 Å². The van der Waals surface area contributed by atoms with Crippen molar-refractivity contribution in [2.24, 2.45) is 0 Å². The molecule has 0 fully saturated rings. The van der Waals surface area contributed by atoms with Gasteiger partial charge in [-0.15, -0.1) is 0 Å². The summed E-state index contributed by atoms with van der Waals surface area (Å²) in [7, 11) is 1.47. The number of ether oxygens (including phenoxy) is 2. The number of halogens is 1. The normalized spacial score (nSPS) is 10.6. The summed E-state index contributed by atoms with van der Waals surface area (Å²) >= 11 is 7.00. The SMILES string of the molecule is COc1ccc(Cl)cc1NC(=O)COC(=O)CSc1nc2ccccc2o1. The quantitative estimate of drug-likeness (QED) is 0.471. The van der Waals surface area contributed by atoms with E-state index in [1.807, 2.05) is 18.2 Å². The average Bonchev–Trinajstić information content (AvgIpc) is 3.08. The molecule has 0 aliphatic rings. The highest BCUT2D eigenvalue weighted by molar-refractivity contribution is 7.99. The van der Waals surface area contributed by atoms with Crippen molar-refractivity contribution in [2.45, 2.75) is 5.22 Å². The molecule has 9 heteroatoms. The molecular weight excluding hydrogens is 392 g/mol. The van der Waals surface area contributed by atoms with Gasteiger partial charge in [-0.2, -0.15) is 0 Å². The van der Waals surface area contributed by atoms with Gasteiger partial charge in [0.05, 0.1) is 12.8 Å². The molecule has 1 aromatic heterocycles. The molecule has 1 heterocycles. The van der Waals surface area contributed by atoms with Gasteiger partial charge in [-0.25, -0.2) is 4.98 Å². The molecule has 0 aliphatic heterocycles. The predicted octanol–water partition coefficient (Wildman–Crippen LogP) is 3.76. The van der Waals surface area contributed by atoms with Gasteiger partial charge in [0.1, 0.15) is 17.0 Å². The standard InChI is InChI=1S/C18H15ClN2O5S/c1-24-14-7-6-11(19)8-13(14)20-16(22)9-25-17(23)10-27-18-21-12-4-2-3-5-15(12)26-18/h2-8H,9-10H2,1H3,(H,20,22). The Labute approximate surface area is 164 Å². The summed E-state index contributed by atoms with van der Waals surface area (Å²) in [6.45, 7) is -0.428. The van der Waals surface area contributed by atoms with Gasteiger partial charge in [-0.3, -0.25) is 9.59 Å². The molecule has 0 aliphatic carbocycles. The Morgan fingerprint density at radius 1 is 1.26 bits per heavy atom. The second kappa shape index (κ2) is 8.79. The number of amides is 1. The van der Waals surface area contributed by atoms with E-state index >= 15 is 0 Å². The van der Waals surface area contributed by atoms with Crippen molar-refractivity contribution in [3.63, 3.8) is 0 Å². The van der Waals surface area contributed by atoms with Gasteiger partial charge in [0, 0.05) is 5.02 Å². The Bertz CT molecular complexity index is 942. The van der Waals surface area contributed by atoms with E-state index in [1.54, 1.807) is 24.3 Å². The van der Waals surface area contributed by atoms with Crippen LogP contribution in [0.3, 0.4) is 0 Å². The topological polar surface area (TPSA) is 90.7 Å². The Hall–Kier alpha value is -2.71. The summed E-state index contributed by atoms with van der Waals surface area (Å²) < 4.78 is 15.6. The van der Waals surface area contributed by atoms with E-state index in [9.17, 15) is 9.59 Å². The third kappa shape index (κ3) is 5.15. The van der Waals surface area contributed by atoms with Crippen molar-refractivity contribution in [1.29, 1.82) is 0 Å². The number of oxazole rings is 1. The lowest BCUT2D eigenvalue weighted by molar-refractivity contribution is -0.144. The first-order valence-corrected chi connectivity index (χ1v) is 9.19. The van der Waals surface area contributed by atoms with Crippen LogP contribution in [0.2, 0.25) is 5.02 Å². The number of methoxy groups -OCH3 is 1. The number of carbonyl (C=O) groups excluding carboxylic acids is 2. The largest absolute Gasteiger partial charge is 0.495 e. The lowest BCUT2D eigenvalue weighted by Gasteiger charge is -2.10. The van der Waals surface area contributed by atoms with Crippen LogP contribution >= 0.6 is 23.4 Å². The van der Waals surface area contributed by atoms with Crippen molar-refractivity contribution < 1.29 is 23.5 Å². The van der Waals surface area contributed by atoms with Gasteiger partial charge in [-0.05, 0) is 30.3 Å². The Kier molecular flexibility index (Phi) is 6.20. The second-order valence-electron chi connectivity index (χ2n) is 5.29. The van der Waals surface area contributed by atoms with Crippen molar-refractivity contribution in [3.05, 3.63) is 47.5 Å². The molecule has 2 aromatic carbocycles. The van der Waals surface area contributed by atoms with Gasteiger partial charge in [-0.1, -0.05) is 35.5 Å². The van der Waals surface area contributed by atoms with Crippen molar-refractivity contribution >= 4 is 52.0 Å². The molecule has 0 saturated heterocycles. The zero-order valence-electron chi connectivity index (χ0n) is 14.2. The van der Waals surface area contributed by atoms with Gasteiger partial charge in [0.25, 0.3) is 11.1 Å². The number of aromatic nitrogens is 1. The van der Waals surface area contributed by atoms with Crippen LogP contribution in [0.15, 0.2) is 52.1 Å². The molecule has 1 amide bonds. The predicted molar refractivity (Wildman–Crippen MR) is 102 cm³/mol. The Balaban J connectivity index is 1.47. The number of nitrogens with one attached hydrogen (secondary N) is 1. The van der Waals surface area contributed by atoms with Crippen molar-refractivity contribution in [1.82, 2.24) is 4.98 Å². The van der Waals surface area contributed by atoms with E-state index in [0.717, 1.165) is 11.8 Å². The molecule has 0 atom stereocenters.